The Morgan fingerprint density at radius 3 is 3.00 bits per heavy atom. The molecule has 0 atom stereocenters. The van der Waals surface area contributed by atoms with E-state index in [2.05, 4.69) is 25.8 Å². The molecule has 0 bridgehead atoms. The number of nitrogens with two attached hydrogens (primary N) is 1. The molecule has 0 saturated heterocycles. The van der Waals surface area contributed by atoms with Gasteiger partial charge in [-0.2, -0.15) is 10.1 Å². The van der Waals surface area contributed by atoms with Crippen LogP contribution in [0.25, 0.3) is 0 Å². The van der Waals surface area contributed by atoms with Crippen LogP contribution in [0.1, 0.15) is 5.69 Å². The van der Waals surface area contributed by atoms with E-state index in [0.29, 0.717) is 5.95 Å². The molecule has 0 aliphatic carbocycles. The minimum Gasteiger partial charge on any atom is -0.368 e. The first-order chi connectivity index (χ1) is 8.28. The van der Waals surface area contributed by atoms with Gasteiger partial charge in [-0.1, -0.05) is 0 Å². The van der Waals surface area contributed by atoms with Crippen molar-refractivity contribution >= 4 is 11.8 Å². The third-order valence-electron chi connectivity index (χ3n) is 2.19. The van der Waals surface area contributed by atoms with Crippen LogP contribution in [-0.4, -0.2) is 26.3 Å². The SMILES string of the molecule is Cc1cc(NCCn2cccn2)nc(NN)n1. The van der Waals surface area contributed by atoms with Crippen LogP contribution in [0, 0.1) is 6.92 Å². The van der Waals surface area contributed by atoms with E-state index < -0.39 is 0 Å². The lowest BCUT2D eigenvalue weighted by atomic mass is 10.4. The molecule has 2 aromatic heterocycles. The first-order valence-corrected chi connectivity index (χ1v) is 5.31. The second kappa shape index (κ2) is 5.26. The molecule has 0 radical (unpaired) electrons. The quantitative estimate of drug-likeness (QED) is 0.510. The highest BCUT2D eigenvalue weighted by Gasteiger charge is 2.00. The van der Waals surface area contributed by atoms with Gasteiger partial charge in [0.1, 0.15) is 5.82 Å². The molecule has 0 aromatic carbocycles. The van der Waals surface area contributed by atoms with E-state index in [1.807, 2.05) is 29.9 Å². The van der Waals surface area contributed by atoms with Gasteiger partial charge in [-0.15, -0.1) is 0 Å². The molecule has 0 aliphatic heterocycles. The number of hydrazine groups is 1. The van der Waals surface area contributed by atoms with E-state index in [4.69, 9.17) is 5.84 Å². The highest BCUT2D eigenvalue weighted by molar-refractivity contribution is 5.41. The minimum absolute atomic E-state index is 0.409. The molecule has 0 spiro atoms. The summed E-state index contributed by atoms with van der Waals surface area (Å²) in [7, 11) is 0. The van der Waals surface area contributed by atoms with E-state index in [1.54, 1.807) is 6.20 Å². The molecule has 0 unspecified atom stereocenters. The molecule has 90 valence electrons. The van der Waals surface area contributed by atoms with E-state index in [1.165, 1.54) is 0 Å². The first kappa shape index (κ1) is 11.3. The molecule has 0 amide bonds. The van der Waals surface area contributed by atoms with Gasteiger partial charge in [-0.25, -0.2) is 10.8 Å². The highest BCUT2D eigenvalue weighted by Crippen LogP contribution is 2.08. The van der Waals surface area contributed by atoms with E-state index in [9.17, 15) is 0 Å². The fraction of sp³-hybridized carbons (Fsp3) is 0.300. The maximum atomic E-state index is 5.28. The topological polar surface area (TPSA) is 93.7 Å². The maximum Gasteiger partial charge on any atom is 0.239 e. The minimum atomic E-state index is 0.409. The van der Waals surface area contributed by atoms with Crippen LogP contribution < -0.4 is 16.6 Å². The molecule has 0 saturated carbocycles. The number of aryl methyl sites for hydroxylation is 1. The summed E-state index contributed by atoms with van der Waals surface area (Å²) in [5, 5.41) is 7.30. The van der Waals surface area contributed by atoms with Gasteiger partial charge in [0.2, 0.25) is 5.95 Å². The van der Waals surface area contributed by atoms with Gasteiger partial charge in [-0.3, -0.25) is 10.1 Å². The molecule has 0 fully saturated rings. The lowest BCUT2D eigenvalue weighted by Crippen LogP contribution is -2.15. The summed E-state index contributed by atoms with van der Waals surface area (Å²) in [6.45, 7) is 3.41. The van der Waals surface area contributed by atoms with Crippen molar-refractivity contribution in [2.24, 2.45) is 5.84 Å². The average molecular weight is 233 g/mol. The van der Waals surface area contributed by atoms with Crippen LogP contribution in [0.3, 0.4) is 0 Å². The normalized spacial score (nSPS) is 10.2. The predicted molar refractivity (Wildman–Crippen MR) is 65.3 cm³/mol. The molecule has 7 nitrogen and oxygen atoms in total. The molecular weight excluding hydrogens is 218 g/mol. The van der Waals surface area contributed by atoms with E-state index in [0.717, 1.165) is 24.6 Å². The Bertz CT molecular complexity index is 466. The number of anilines is 2. The molecule has 0 aliphatic rings. The largest absolute Gasteiger partial charge is 0.368 e. The second-order valence-corrected chi connectivity index (χ2v) is 3.56. The molecule has 2 heterocycles. The Morgan fingerprint density at radius 1 is 1.41 bits per heavy atom. The summed E-state index contributed by atoms with van der Waals surface area (Å²) in [6, 6.07) is 3.76. The Labute approximate surface area is 99.0 Å². The van der Waals surface area contributed by atoms with Crippen molar-refractivity contribution in [1.29, 1.82) is 0 Å². The molecule has 2 aromatic rings. The van der Waals surface area contributed by atoms with Crippen LogP contribution in [0.15, 0.2) is 24.5 Å². The van der Waals surface area contributed by atoms with Crippen molar-refractivity contribution in [3.8, 4) is 0 Å². The predicted octanol–water partition coefficient (Wildman–Crippen LogP) is 0.379. The number of nitrogens with zero attached hydrogens (tertiary/aromatic N) is 4. The number of nitrogens with one attached hydrogen (secondary N) is 2. The molecule has 2 rings (SSSR count). The van der Waals surface area contributed by atoms with Crippen molar-refractivity contribution in [3.05, 3.63) is 30.2 Å². The van der Waals surface area contributed by atoms with Gasteiger partial charge in [-0.05, 0) is 13.0 Å². The summed E-state index contributed by atoms with van der Waals surface area (Å²) in [6.07, 6.45) is 3.67. The number of aromatic nitrogens is 4. The summed E-state index contributed by atoms with van der Waals surface area (Å²) in [5.74, 6) is 6.43. The van der Waals surface area contributed by atoms with Gasteiger partial charge >= 0.3 is 0 Å². The molecule has 4 N–H and O–H groups in total. The van der Waals surface area contributed by atoms with Crippen molar-refractivity contribution < 1.29 is 0 Å². The smallest absolute Gasteiger partial charge is 0.239 e. The Hall–Kier alpha value is -2.15. The number of rotatable bonds is 5. The fourth-order valence-corrected chi connectivity index (χ4v) is 1.45. The summed E-state index contributed by atoms with van der Waals surface area (Å²) in [4.78, 5) is 8.29. The van der Waals surface area contributed by atoms with Crippen LogP contribution in [0.2, 0.25) is 0 Å². The summed E-state index contributed by atoms with van der Waals surface area (Å²) >= 11 is 0. The zero-order chi connectivity index (χ0) is 12.1. The fourth-order valence-electron chi connectivity index (χ4n) is 1.45. The van der Waals surface area contributed by atoms with Crippen LogP contribution in [0.5, 0.6) is 0 Å². The Kier molecular flexibility index (Phi) is 3.51. The van der Waals surface area contributed by atoms with Gasteiger partial charge in [0.05, 0.1) is 6.54 Å². The number of hydrogen-bond acceptors (Lipinski definition) is 6. The highest BCUT2D eigenvalue weighted by atomic mass is 15.3. The van der Waals surface area contributed by atoms with Crippen molar-refractivity contribution in [2.75, 3.05) is 17.3 Å². The maximum absolute atomic E-state index is 5.28. The molecule has 7 heteroatoms. The third kappa shape index (κ3) is 3.15. The first-order valence-electron chi connectivity index (χ1n) is 5.31. The van der Waals surface area contributed by atoms with E-state index >= 15 is 0 Å². The monoisotopic (exact) mass is 233 g/mol. The zero-order valence-electron chi connectivity index (χ0n) is 9.59. The average Bonchev–Trinajstić information content (AvgIpc) is 2.81. The summed E-state index contributed by atoms with van der Waals surface area (Å²) in [5.41, 5.74) is 3.29. The zero-order valence-corrected chi connectivity index (χ0v) is 9.59. The van der Waals surface area contributed by atoms with Gasteiger partial charge < -0.3 is 5.32 Å². The molecular formula is C10H15N7. The van der Waals surface area contributed by atoms with Crippen molar-refractivity contribution in [2.45, 2.75) is 13.5 Å². The number of nitrogen functional groups attached to an aromatic ring is 1. The standard InChI is InChI=1S/C10H15N7/c1-8-7-9(15-10(14-8)16-11)12-4-6-17-5-2-3-13-17/h2-3,5,7H,4,6,11H2,1H3,(H2,12,14,15,16). The lowest BCUT2D eigenvalue weighted by Gasteiger charge is -2.08. The van der Waals surface area contributed by atoms with Crippen LogP contribution in [-0.2, 0) is 6.54 Å². The molecule has 17 heavy (non-hydrogen) atoms. The Balaban J connectivity index is 1.92. The van der Waals surface area contributed by atoms with Crippen molar-refractivity contribution in [1.82, 2.24) is 19.7 Å². The Morgan fingerprint density at radius 2 is 2.29 bits per heavy atom. The van der Waals surface area contributed by atoms with E-state index in [-0.39, 0.29) is 0 Å². The van der Waals surface area contributed by atoms with Gasteiger partial charge in [0.25, 0.3) is 0 Å². The number of hydrogen-bond donors (Lipinski definition) is 3. The van der Waals surface area contributed by atoms with Crippen LogP contribution in [0.4, 0.5) is 11.8 Å². The third-order valence-corrected chi connectivity index (χ3v) is 2.19. The second-order valence-electron chi connectivity index (χ2n) is 3.56. The van der Waals surface area contributed by atoms with Crippen molar-refractivity contribution in [3.63, 3.8) is 0 Å². The van der Waals surface area contributed by atoms with Crippen LogP contribution >= 0.6 is 0 Å². The lowest BCUT2D eigenvalue weighted by molar-refractivity contribution is 0.637. The van der Waals surface area contributed by atoms with Gasteiger partial charge in [0.15, 0.2) is 0 Å². The summed E-state index contributed by atoms with van der Waals surface area (Å²) < 4.78 is 1.85. The van der Waals surface area contributed by atoms with Gasteiger partial charge in [0, 0.05) is 30.7 Å².